The Morgan fingerprint density at radius 3 is 2.95 bits per heavy atom. The van der Waals surface area contributed by atoms with Gasteiger partial charge in [-0.25, -0.2) is 0 Å². The molecule has 1 N–H and O–H groups in total. The van der Waals surface area contributed by atoms with Crippen LogP contribution in [0.25, 0.3) is 0 Å². The van der Waals surface area contributed by atoms with Gasteiger partial charge in [-0.1, -0.05) is 23.4 Å². The zero-order chi connectivity index (χ0) is 13.5. The molecule has 1 unspecified atom stereocenters. The van der Waals surface area contributed by atoms with Gasteiger partial charge in [-0.3, -0.25) is 4.68 Å². The Labute approximate surface area is 113 Å². The van der Waals surface area contributed by atoms with Crippen molar-refractivity contribution in [2.45, 2.75) is 26.4 Å². The highest BCUT2D eigenvalue weighted by molar-refractivity contribution is 5.35. The summed E-state index contributed by atoms with van der Waals surface area (Å²) in [7, 11) is 0. The quantitative estimate of drug-likeness (QED) is 0.827. The molecule has 0 amide bonds. The second kappa shape index (κ2) is 6.89. The molecule has 0 saturated carbocycles. The van der Waals surface area contributed by atoms with E-state index in [0.29, 0.717) is 6.61 Å². The van der Waals surface area contributed by atoms with Gasteiger partial charge in [-0.05, 0) is 19.9 Å². The van der Waals surface area contributed by atoms with Crippen LogP contribution in [0.2, 0.25) is 0 Å². The number of nitrogens with zero attached hydrogens (tertiary/aromatic N) is 3. The van der Waals surface area contributed by atoms with Crippen LogP contribution in [0, 0.1) is 0 Å². The van der Waals surface area contributed by atoms with Gasteiger partial charge in [0.2, 0.25) is 0 Å². The molecule has 1 heterocycles. The second-order valence-corrected chi connectivity index (χ2v) is 4.31. The van der Waals surface area contributed by atoms with Crippen LogP contribution in [0.15, 0.2) is 36.7 Å². The lowest BCUT2D eigenvalue weighted by molar-refractivity contribution is 0.332. The molecule has 0 spiro atoms. The average molecular weight is 260 g/mol. The molecule has 0 aliphatic heterocycles. The average Bonchev–Trinajstić information content (AvgIpc) is 2.93. The standard InChI is InChI=1S/C14H20N4O/c1-3-19-14-7-5-4-6-13(14)12(2)15-8-10-18-11-9-16-17-18/h4-7,9,11-12,15H,3,8,10H2,1-2H3. The molecule has 5 heteroatoms. The molecule has 2 rings (SSSR count). The van der Waals surface area contributed by atoms with Gasteiger partial charge in [-0.2, -0.15) is 0 Å². The summed E-state index contributed by atoms with van der Waals surface area (Å²) in [5, 5.41) is 11.2. The summed E-state index contributed by atoms with van der Waals surface area (Å²) >= 11 is 0. The Hall–Kier alpha value is -1.88. The van der Waals surface area contributed by atoms with Crippen molar-refractivity contribution in [2.24, 2.45) is 0 Å². The summed E-state index contributed by atoms with van der Waals surface area (Å²) in [4.78, 5) is 0. The number of hydrogen-bond donors (Lipinski definition) is 1. The smallest absolute Gasteiger partial charge is 0.124 e. The predicted molar refractivity (Wildman–Crippen MR) is 74.1 cm³/mol. The highest BCUT2D eigenvalue weighted by Gasteiger charge is 2.10. The molecule has 0 bridgehead atoms. The van der Waals surface area contributed by atoms with Gasteiger partial charge in [-0.15, -0.1) is 5.10 Å². The normalized spacial score (nSPS) is 12.3. The summed E-state index contributed by atoms with van der Waals surface area (Å²) in [6.45, 7) is 6.47. The van der Waals surface area contributed by atoms with Crippen LogP contribution in [-0.2, 0) is 6.54 Å². The lowest BCUT2D eigenvalue weighted by Gasteiger charge is -2.17. The van der Waals surface area contributed by atoms with Crippen LogP contribution in [0.5, 0.6) is 5.75 Å². The van der Waals surface area contributed by atoms with E-state index in [1.165, 1.54) is 5.56 Å². The fourth-order valence-electron chi connectivity index (χ4n) is 1.98. The monoisotopic (exact) mass is 260 g/mol. The fraction of sp³-hybridized carbons (Fsp3) is 0.429. The summed E-state index contributed by atoms with van der Waals surface area (Å²) in [5.41, 5.74) is 1.18. The maximum atomic E-state index is 5.64. The van der Waals surface area contributed by atoms with Crippen LogP contribution >= 0.6 is 0 Å². The number of aromatic nitrogens is 3. The van der Waals surface area contributed by atoms with Crippen molar-refractivity contribution in [3.8, 4) is 5.75 Å². The number of rotatable bonds is 7. The van der Waals surface area contributed by atoms with Gasteiger partial charge in [0.15, 0.2) is 0 Å². The molecule has 5 nitrogen and oxygen atoms in total. The molecule has 0 fully saturated rings. The van der Waals surface area contributed by atoms with E-state index < -0.39 is 0 Å². The number of para-hydroxylation sites is 1. The van der Waals surface area contributed by atoms with E-state index >= 15 is 0 Å². The summed E-state index contributed by atoms with van der Waals surface area (Å²) in [6, 6.07) is 8.38. The summed E-state index contributed by atoms with van der Waals surface area (Å²) < 4.78 is 7.46. The Morgan fingerprint density at radius 2 is 2.21 bits per heavy atom. The minimum absolute atomic E-state index is 0.242. The molecule has 0 aliphatic rings. The van der Waals surface area contributed by atoms with Gasteiger partial charge >= 0.3 is 0 Å². The maximum absolute atomic E-state index is 5.64. The molecule has 1 aromatic heterocycles. The molecule has 0 radical (unpaired) electrons. The molecule has 0 saturated heterocycles. The zero-order valence-electron chi connectivity index (χ0n) is 11.4. The zero-order valence-corrected chi connectivity index (χ0v) is 11.4. The van der Waals surface area contributed by atoms with Crippen LogP contribution < -0.4 is 10.1 Å². The van der Waals surface area contributed by atoms with Crippen molar-refractivity contribution in [1.82, 2.24) is 20.3 Å². The highest BCUT2D eigenvalue weighted by Crippen LogP contribution is 2.24. The molecule has 2 aromatic rings. The van der Waals surface area contributed by atoms with Crippen LogP contribution in [0.3, 0.4) is 0 Å². The van der Waals surface area contributed by atoms with Gasteiger partial charge < -0.3 is 10.1 Å². The van der Waals surface area contributed by atoms with E-state index in [9.17, 15) is 0 Å². The first-order valence-corrected chi connectivity index (χ1v) is 6.60. The van der Waals surface area contributed by atoms with Crippen LogP contribution in [0.4, 0.5) is 0 Å². The number of benzene rings is 1. The van der Waals surface area contributed by atoms with E-state index in [2.05, 4.69) is 28.6 Å². The SMILES string of the molecule is CCOc1ccccc1C(C)NCCn1ccnn1. The largest absolute Gasteiger partial charge is 0.494 e. The van der Waals surface area contributed by atoms with Crippen molar-refractivity contribution < 1.29 is 4.74 Å². The fourth-order valence-corrected chi connectivity index (χ4v) is 1.98. The number of nitrogens with one attached hydrogen (secondary N) is 1. The lowest BCUT2D eigenvalue weighted by atomic mass is 10.1. The van der Waals surface area contributed by atoms with Crippen LogP contribution in [0.1, 0.15) is 25.5 Å². The molecular formula is C14H20N4O. The lowest BCUT2D eigenvalue weighted by Crippen LogP contribution is -2.24. The van der Waals surface area contributed by atoms with Gasteiger partial charge in [0.25, 0.3) is 0 Å². The first kappa shape index (κ1) is 13.5. The van der Waals surface area contributed by atoms with Gasteiger partial charge in [0, 0.05) is 24.3 Å². The van der Waals surface area contributed by atoms with E-state index in [4.69, 9.17) is 4.74 Å². The minimum Gasteiger partial charge on any atom is -0.494 e. The summed E-state index contributed by atoms with van der Waals surface area (Å²) in [6.07, 6.45) is 3.55. The van der Waals surface area contributed by atoms with Gasteiger partial charge in [0.1, 0.15) is 5.75 Å². The molecule has 0 aliphatic carbocycles. The Kier molecular flexibility index (Phi) is 4.92. The molecule has 19 heavy (non-hydrogen) atoms. The van der Waals surface area contributed by atoms with Crippen molar-refractivity contribution in [2.75, 3.05) is 13.2 Å². The first-order valence-electron chi connectivity index (χ1n) is 6.60. The highest BCUT2D eigenvalue weighted by atomic mass is 16.5. The van der Waals surface area contributed by atoms with Crippen molar-refractivity contribution in [3.63, 3.8) is 0 Å². The predicted octanol–water partition coefficient (Wildman–Crippen LogP) is 2.03. The molecule has 102 valence electrons. The van der Waals surface area contributed by atoms with Gasteiger partial charge in [0.05, 0.1) is 19.3 Å². The number of hydrogen-bond acceptors (Lipinski definition) is 4. The van der Waals surface area contributed by atoms with E-state index in [1.54, 1.807) is 6.20 Å². The molecule has 1 atom stereocenters. The third-order valence-electron chi connectivity index (χ3n) is 2.95. The Bertz CT molecular complexity index is 484. The third kappa shape index (κ3) is 3.79. The number of ether oxygens (including phenoxy) is 1. The van der Waals surface area contributed by atoms with E-state index in [1.807, 2.05) is 36.0 Å². The molecular weight excluding hydrogens is 240 g/mol. The Balaban J connectivity index is 1.90. The maximum Gasteiger partial charge on any atom is 0.124 e. The van der Waals surface area contributed by atoms with E-state index in [0.717, 1.165) is 18.8 Å². The van der Waals surface area contributed by atoms with Crippen molar-refractivity contribution in [3.05, 3.63) is 42.2 Å². The van der Waals surface area contributed by atoms with Crippen molar-refractivity contribution in [1.29, 1.82) is 0 Å². The topological polar surface area (TPSA) is 52.0 Å². The third-order valence-corrected chi connectivity index (χ3v) is 2.95. The first-order chi connectivity index (χ1) is 9.31. The second-order valence-electron chi connectivity index (χ2n) is 4.31. The minimum atomic E-state index is 0.242. The van der Waals surface area contributed by atoms with Crippen molar-refractivity contribution >= 4 is 0 Å². The summed E-state index contributed by atoms with van der Waals surface area (Å²) in [5.74, 6) is 0.950. The van der Waals surface area contributed by atoms with Crippen LogP contribution in [-0.4, -0.2) is 28.1 Å². The molecule has 1 aromatic carbocycles. The van der Waals surface area contributed by atoms with E-state index in [-0.39, 0.29) is 6.04 Å². The Morgan fingerprint density at radius 1 is 1.37 bits per heavy atom.